The Kier molecular flexibility index (Phi) is 4.27. The molecular weight excluding hydrogens is 208 g/mol. The van der Waals surface area contributed by atoms with Crippen LogP contribution in [0.1, 0.15) is 27.6 Å². The molecule has 0 saturated carbocycles. The normalized spacial score (nSPS) is 9.31. The first-order valence-electron chi connectivity index (χ1n) is 4.78. The van der Waals surface area contributed by atoms with Crippen molar-refractivity contribution in [3.05, 3.63) is 48.2 Å². The Morgan fingerprint density at radius 1 is 1.25 bits per heavy atom. The summed E-state index contributed by atoms with van der Waals surface area (Å²) < 4.78 is 9.44. The third-order valence-corrected chi connectivity index (χ3v) is 1.83. The van der Waals surface area contributed by atoms with Crippen molar-refractivity contribution < 1.29 is 19.1 Å². The lowest BCUT2D eigenvalue weighted by Gasteiger charge is -2.06. The Labute approximate surface area is 93.5 Å². The van der Waals surface area contributed by atoms with Crippen LogP contribution >= 0.6 is 0 Å². The maximum absolute atomic E-state index is 11.5. The largest absolute Gasteiger partial charge is 0.462 e. The van der Waals surface area contributed by atoms with E-state index in [1.807, 2.05) is 0 Å². The van der Waals surface area contributed by atoms with Crippen molar-refractivity contribution in [1.29, 1.82) is 0 Å². The highest BCUT2D eigenvalue weighted by atomic mass is 16.5. The SMILES string of the molecule is C=COC(=O)c1ccccc1C(=O)OCC. The summed E-state index contributed by atoms with van der Waals surface area (Å²) in [7, 11) is 0. The number of rotatable bonds is 4. The predicted octanol–water partition coefficient (Wildman–Crippen LogP) is 2.16. The minimum atomic E-state index is -0.626. The van der Waals surface area contributed by atoms with E-state index in [0.29, 0.717) is 0 Å². The molecule has 1 aromatic carbocycles. The maximum atomic E-state index is 11.5. The van der Waals surface area contributed by atoms with Gasteiger partial charge in [0.25, 0.3) is 0 Å². The molecule has 4 heteroatoms. The summed E-state index contributed by atoms with van der Waals surface area (Å²) >= 11 is 0. The minimum absolute atomic E-state index is 0.167. The highest BCUT2D eigenvalue weighted by Crippen LogP contribution is 2.11. The van der Waals surface area contributed by atoms with E-state index in [1.54, 1.807) is 19.1 Å². The third kappa shape index (κ3) is 2.70. The average Bonchev–Trinajstić information content (AvgIpc) is 2.30. The van der Waals surface area contributed by atoms with Crippen LogP contribution in [0.3, 0.4) is 0 Å². The summed E-state index contributed by atoms with van der Waals surface area (Å²) in [4.78, 5) is 23.0. The van der Waals surface area contributed by atoms with Gasteiger partial charge < -0.3 is 9.47 Å². The van der Waals surface area contributed by atoms with Crippen molar-refractivity contribution in [3.8, 4) is 0 Å². The zero-order valence-corrected chi connectivity index (χ0v) is 8.93. The molecule has 4 nitrogen and oxygen atoms in total. The van der Waals surface area contributed by atoms with Crippen molar-refractivity contribution in [2.24, 2.45) is 0 Å². The topological polar surface area (TPSA) is 52.6 Å². The van der Waals surface area contributed by atoms with Crippen molar-refractivity contribution in [2.45, 2.75) is 6.92 Å². The number of carbonyl (C=O) groups excluding carboxylic acids is 2. The van der Waals surface area contributed by atoms with Gasteiger partial charge in [0.1, 0.15) is 0 Å². The molecule has 16 heavy (non-hydrogen) atoms. The second-order valence-corrected chi connectivity index (χ2v) is 2.84. The number of esters is 2. The van der Waals surface area contributed by atoms with E-state index in [1.165, 1.54) is 12.1 Å². The second-order valence-electron chi connectivity index (χ2n) is 2.84. The van der Waals surface area contributed by atoms with Crippen molar-refractivity contribution in [3.63, 3.8) is 0 Å². The lowest BCUT2D eigenvalue weighted by Crippen LogP contribution is -2.12. The fourth-order valence-electron chi connectivity index (χ4n) is 1.19. The average molecular weight is 220 g/mol. The molecule has 0 unspecified atom stereocenters. The number of hydrogen-bond acceptors (Lipinski definition) is 4. The summed E-state index contributed by atoms with van der Waals surface area (Å²) in [5.74, 6) is -1.17. The standard InChI is InChI=1S/C12H12O4/c1-3-15-11(13)9-7-5-6-8-10(9)12(14)16-4-2/h3,5-8H,1,4H2,2H3. The van der Waals surface area contributed by atoms with Crippen LogP contribution in [0, 0.1) is 0 Å². The van der Waals surface area contributed by atoms with E-state index < -0.39 is 11.9 Å². The molecule has 0 bridgehead atoms. The van der Waals surface area contributed by atoms with Gasteiger partial charge in [0.2, 0.25) is 0 Å². The molecule has 0 atom stereocenters. The first-order valence-corrected chi connectivity index (χ1v) is 4.78. The molecule has 0 amide bonds. The molecule has 0 radical (unpaired) electrons. The molecule has 0 aliphatic rings. The van der Waals surface area contributed by atoms with Gasteiger partial charge in [0.05, 0.1) is 24.0 Å². The van der Waals surface area contributed by atoms with E-state index in [2.05, 4.69) is 11.3 Å². The van der Waals surface area contributed by atoms with Crippen LogP contribution in [0.2, 0.25) is 0 Å². The van der Waals surface area contributed by atoms with Gasteiger partial charge in [-0.3, -0.25) is 0 Å². The van der Waals surface area contributed by atoms with Gasteiger partial charge in [-0.2, -0.15) is 0 Å². The summed E-state index contributed by atoms with van der Waals surface area (Å²) in [6.07, 6.45) is 1.02. The van der Waals surface area contributed by atoms with Crippen LogP contribution in [0.25, 0.3) is 0 Å². The molecule has 0 aliphatic heterocycles. The minimum Gasteiger partial charge on any atom is -0.462 e. The lowest BCUT2D eigenvalue weighted by molar-refractivity contribution is 0.0512. The van der Waals surface area contributed by atoms with Crippen molar-refractivity contribution in [2.75, 3.05) is 6.61 Å². The number of carbonyl (C=O) groups is 2. The molecule has 0 fully saturated rings. The Bertz CT molecular complexity index is 409. The maximum Gasteiger partial charge on any atom is 0.343 e. The van der Waals surface area contributed by atoms with Crippen LogP contribution < -0.4 is 0 Å². The van der Waals surface area contributed by atoms with Gasteiger partial charge >= 0.3 is 11.9 Å². The van der Waals surface area contributed by atoms with Crippen LogP contribution in [-0.2, 0) is 9.47 Å². The molecule has 1 rings (SSSR count). The fraction of sp³-hybridized carbons (Fsp3) is 0.167. The predicted molar refractivity (Wildman–Crippen MR) is 58.0 cm³/mol. The zero-order chi connectivity index (χ0) is 12.0. The molecule has 0 saturated heterocycles. The smallest absolute Gasteiger partial charge is 0.343 e. The molecule has 0 heterocycles. The Morgan fingerprint density at radius 2 is 1.81 bits per heavy atom. The summed E-state index contributed by atoms with van der Waals surface area (Å²) in [5.41, 5.74) is 0.358. The lowest BCUT2D eigenvalue weighted by atomic mass is 10.1. The van der Waals surface area contributed by atoms with E-state index in [-0.39, 0.29) is 17.7 Å². The van der Waals surface area contributed by atoms with Gasteiger partial charge in [-0.1, -0.05) is 18.7 Å². The fourth-order valence-corrected chi connectivity index (χ4v) is 1.19. The number of ether oxygens (including phenoxy) is 2. The Balaban J connectivity index is 3.04. The number of benzene rings is 1. The van der Waals surface area contributed by atoms with Gasteiger partial charge in [0, 0.05) is 0 Å². The third-order valence-electron chi connectivity index (χ3n) is 1.83. The van der Waals surface area contributed by atoms with Crippen LogP contribution in [0.4, 0.5) is 0 Å². The Morgan fingerprint density at radius 3 is 2.31 bits per heavy atom. The van der Waals surface area contributed by atoms with E-state index >= 15 is 0 Å². The molecule has 0 aromatic heterocycles. The van der Waals surface area contributed by atoms with Gasteiger partial charge in [0.15, 0.2) is 0 Å². The first kappa shape index (κ1) is 12.0. The molecule has 0 aliphatic carbocycles. The first-order chi connectivity index (χ1) is 7.70. The highest BCUT2D eigenvalue weighted by Gasteiger charge is 2.17. The van der Waals surface area contributed by atoms with E-state index in [4.69, 9.17) is 4.74 Å². The van der Waals surface area contributed by atoms with Gasteiger partial charge in [-0.25, -0.2) is 9.59 Å². The van der Waals surface area contributed by atoms with Gasteiger partial charge in [-0.15, -0.1) is 0 Å². The van der Waals surface area contributed by atoms with E-state index in [9.17, 15) is 9.59 Å². The quantitative estimate of drug-likeness (QED) is 0.576. The summed E-state index contributed by atoms with van der Waals surface area (Å²) in [5, 5.41) is 0. The molecule has 0 N–H and O–H groups in total. The molecule has 1 aromatic rings. The van der Waals surface area contributed by atoms with Crippen LogP contribution in [-0.4, -0.2) is 18.5 Å². The molecule has 0 spiro atoms. The van der Waals surface area contributed by atoms with Gasteiger partial charge in [-0.05, 0) is 19.1 Å². The number of hydrogen-bond donors (Lipinski definition) is 0. The van der Waals surface area contributed by atoms with Crippen molar-refractivity contribution in [1.82, 2.24) is 0 Å². The summed E-state index contributed by atoms with van der Waals surface area (Å²) in [6, 6.07) is 6.30. The molecule has 84 valence electrons. The van der Waals surface area contributed by atoms with Crippen LogP contribution in [0.5, 0.6) is 0 Å². The summed E-state index contributed by atoms with van der Waals surface area (Å²) in [6.45, 7) is 5.23. The van der Waals surface area contributed by atoms with Crippen LogP contribution in [0.15, 0.2) is 37.1 Å². The monoisotopic (exact) mass is 220 g/mol. The zero-order valence-electron chi connectivity index (χ0n) is 8.93. The highest BCUT2D eigenvalue weighted by molar-refractivity contribution is 6.03. The Hall–Kier alpha value is -2.10. The van der Waals surface area contributed by atoms with Crippen molar-refractivity contribution >= 4 is 11.9 Å². The molecular formula is C12H12O4. The second kappa shape index (κ2) is 5.70. The van der Waals surface area contributed by atoms with E-state index in [0.717, 1.165) is 6.26 Å².